The molecule has 1 aromatic heterocycles. The monoisotopic (exact) mass is 413 g/mol. The molecular formula is C24H39N5O. The summed E-state index contributed by atoms with van der Waals surface area (Å²) in [4.78, 5) is 12.0. The van der Waals surface area contributed by atoms with Crippen molar-refractivity contribution < 1.29 is 4.74 Å². The quantitative estimate of drug-likeness (QED) is 0.448. The van der Waals surface area contributed by atoms with Gasteiger partial charge in [-0.15, -0.1) is 6.58 Å². The lowest BCUT2D eigenvalue weighted by Gasteiger charge is -2.30. The first-order chi connectivity index (χ1) is 14.6. The van der Waals surface area contributed by atoms with Gasteiger partial charge in [-0.2, -0.15) is 15.2 Å². The highest BCUT2D eigenvalue weighted by Crippen LogP contribution is 2.28. The molecule has 0 saturated heterocycles. The Balaban J connectivity index is 2.25. The second-order valence-electron chi connectivity index (χ2n) is 8.44. The number of ether oxygens (including phenoxy) is 1. The molecule has 6 heteroatoms. The molecule has 30 heavy (non-hydrogen) atoms. The third-order valence-corrected chi connectivity index (χ3v) is 5.57. The van der Waals surface area contributed by atoms with Gasteiger partial charge in [0.2, 0.25) is 0 Å². The van der Waals surface area contributed by atoms with E-state index in [0.29, 0.717) is 30.9 Å². The molecule has 2 atom stereocenters. The standard InChI is InChI=1S/C24H39N5O/c1-5-8-10-20(9-6-2)18-30-24-27-22-16-26-14-12-21(22)23(28-24)29(15-7-3)17-19(4)11-13-25/h6,19-20,26H,2,5,7-12,14-18H2,1,3-4H3/t19?,20-/m0/s1. The van der Waals surface area contributed by atoms with Crippen LogP contribution in [0.15, 0.2) is 12.7 Å². The van der Waals surface area contributed by atoms with Gasteiger partial charge in [-0.05, 0) is 44.1 Å². The molecule has 1 unspecified atom stereocenters. The van der Waals surface area contributed by atoms with Crippen molar-refractivity contribution >= 4 is 5.82 Å². The summed E-state index contributed by atoms with van der Waals surface area (Å²) in [5.74, 6) is 1.74. The van der Waals surface area contributed by atoms with Gasteiger partial charge in [0.1, 0.15) is 5.82 Å². The number of nitrogens with one attached hydrogen (secondary N) is 1. The zero-order chi connectivity index (χ0) is 21.8. The third kappa shape index (κ3) is 7.28. The summed E-state index contributed by atoms with van der Waals surface area (Å²) in [6, 6.07) is 2.78. The number of fused-ring (bicyclic) bond motifs is 1. The van der Waals surface area contributed by atoms with Crippen LogP contribution in [0, 0.1) is 23.2 Å². The fourth-order valence-electron chi connectivity index (χ4n) is 3.98. The van der Waals surface area contributed by atoms with Gasteiger partial charge in [0.05, 0.1) is 18.4 Å². The highest BCUT2D eigenvalue weighted by molar-refractivity contribution is 5.51. The maximum absolute atomic E-state index is 9.08. The summed E-state index contributed by atoms with van der Waals surface area (Å²) in [5, 5.41) is 12.5. The summed E-state index contributed by atoms with van der Waals surface area (Å²) >= 11 is 0. The molecule has 0 fully saturated rings. The van der Waals surface area contributed by atoms with E-state index in [1.54, 1.807) is 0 Å². The average Bonchev–Trinajstić information content (AvgIpc) is 2.75. The fraction of sp³-hybridized carbons (Fsp3) is 0.708. The van der Waals surface area contributed by atoms with Crippen molar-refractivity contribution in [2.45, 2.75) is 72.3 Å². The minimum absolute atomic E-state index is 0.296. The molecule has 6 nitrogen and oxygen atoms in total. The van der Waals surface area contributed by atoms with Crippen LogP contribution < -0.4 is 15.0 Å². The van der Waals surface area contributed by atoms with Crippen molar-refractivity contribution in [3.8, 4) is 12.1 Å². The van der Waals surface area contributed by atoms with Gasteiger partial charge < -0.3 is 15.0 Å². The topological polar surface area (TPSA) is 74.1 Å². The van der Waals surface area contributed by atoms with Gasteiger partial charge >= 0.3 is 6.01 Å². The largest absolute Gasteiger partial charge is 0.463 e. The highest BCUT2D eigenvalue weighted by Gasteiger charge is 2.23. The predicted octanol–water partition coefficient (Wildman–Crippen LogP) is 4.65. The van der Waals surface area contributed by atoms with E-state index >= 15 is 0 Å². The zero-order valence-corrected chi connectivity index (χ0v) is 19.1. The Morgan fingerprint density at radius 2 is 2.17 bits per heavy atom. The summed E-state index contributed by atoms with van der Waals surface area (Å²) in [6.07, 6.45) is 8.96. The first kappa shape index (κ1) is 24.1. The molecule has 0 bridgehead atoms. The molecule has 0 aliphatic carbocycles. The lowest BCUT2D eigenvalue weighted by molar-refractivity contribution is 0.221. The van der Waals surface area contributed by atoms with E-state index in [-0.39, 0.29) is 0 Å². The van der Waals surface area contributed by atoms with E-state index in [9.17, 15) is 0 Å². The molecule has 0 saturated carbocycles. The van der Waals surface area contributed by atoms with E-state index < -0.39 is 0 Å². The smallest absolute Gasteiger partial charge is 0.318 e. The van der Waals surface area contributed by atoms with Gasteiger partial charge in [-0.25, -0.2) is 0 Å². The normalized spacial score (nSPS) is 15.0. The Labute approximate surface area is 182 Å². The molecule has 1 aliphatic rings. The molecule has 166 valence electrons. The molecular weight excluding hydrogens is 374 g/mol. The third-order valence-electron chi connectivity index (χ3n) is 5.57. The van der Waals surface area contributed by atoms with Crippen molar-refractivity contribution in [3.63, 3.8) is 0 Å². The van der Waals surface area contributed by atoms with Gasteiger partial charge in [-0.1, -0.05) is 39.7 Å². The van der Waals surface area contributed by atoms with Gasteiger partial charge in [-0.3, -0.25) is 0 Å². The summed E-state index contributed by atoms with van der Waals surface area (Å²) < 4.78 is 6.13. The molecule has 1 aromatic rings. The Morgan fingerprint density at radius 1 is 1.33 bits per heavy atom. The SMILES string of the molecule is C=CC[C@@H](CCCC)COc1nc2c(c(N(CCC)CC(C)CC#N)n1)CCNC2. The molecule has 0 spiro atoms. The lowest BCUT2D eigenvalue weighted by Crippen LogP contribution is -2.34. The van der Waals surface area contributed by atoms with Gasteiger partial charge in [0.15, 0.2) is 0 Å². The van der Waals surface area contributed by atoms with E-state index in [4.69, 9.17) is 20.0 Å². The van der Waals surface area contributed by atoms with Crippen molar-refractivity contribution in [3.05, 3.63) is 23.9 Å². The Morgan fingerprint density at radius 3 is 2.87 bits per heavy atom. The van der Waals surface area contributed by atoms with Crippen LogP contribution in [-0.2, 0) is 13.0 Å². The van der Waals surface area contributed by atoms with Crippen molar-refractivity contribution in [1.29, 1.82) is 5.26 Å². The second kappa shape index (κ2) is 13.2. The number of unbranched alkanes of at least 4 members (excludes halogenated alkanes) is 1. The van der Waals surface area contributed by atoms with Crippen LogP contribution in [0.5, 0.6) is 6.01 Å². The molecule has 0 aromatic carbocycles. The Hall–Kier alpha value is -2.13. The van der Waals surface area contributed by atoms with Crippen LogP contribution in [0.25, 0.3) is 0 Å². The number of hydrogen-bond donors (Lipinski definition) is 1. The number of nitriles is 1. The maximum Gasteiger partial charge on any atom is 0.318 e. The summed E-state index contributed by atoms with van der Waals surface area (Å²) in [7, 11) is 0. The first-order valence-electron chi connectivity index (χ1n) is 11.6. The van der Waals surface area contributed by atoms with E-state index in [1.165, 1.54) is 18.4 Å². The number of allylic oxidation sites excluding steroid dienone is 1. The Bertz CT molecular complexity index is 700. The number of nitrogens with zero attached hydrogens (tertiary/aromatic N) is 4. The average molecular weight is 414 g/mol. The van der Waals surface area contributed by atoms with Crippen LogP contribution in [0.3, 0.4) is 0 Å². The maximum atomic E-state index is 9.08. The summed E-state index contributed by atoms with van der Waals surface area (Å²) in [6.45, 7) is 14.5. The number of anilines is 1. The summed E-state index contributed by atoms with van der Waals surface area (Å²) in [5.41, 5.74) is 2.27. The van der Waals surface area contributed by atoms with E-state index in [1.807, 2.05) is 6.08 Å². The van der Waals surface area contributed by atoms with Crippen molar-refractivity contribution in [2.24, 2.45) is 11.8 Å². The van der Waals surface area contributed by atoms with Crippen molar-refractivity contribution in [2.75, 3.05) is 31.1 Å². The molecule has 2 heterocycles. The van der Waals surface area contributed by atoms with E-state index in [0.717, 1.165) is 63.4 Å². The Kier molecular flexibility index (Phi) is 10.6. The van der Waals surface area contributed by atoms with Crippen LogP contribution >= 0.6 is 0 Å². The first-order valence-corrected chi connectivity index (χ1v) is 11.6. The van der Waals surface area contributed by atoms with Gasteiger partial charge in [0, 0.05) is 31.6 Å². The van der Waals surface area contributed by atoms with Gasteiger partial charge in [0.25, 0.3) is 0 Å². The van der Waals surface area contributed by atoms with E-state index in [2.05, 4.69) is 43.6 Å². The zero-order valence-electron chi connectivity index (χ0n) is 19.1. The van der Waals surface area contributed by atoms with Crippen LogP contribution in [0.2, 0.25) is 0 Å². The number of hydrogen-bond acceptors (Lipinski definition) is 6. The molecule has 0 radical (unpaired) electrons. The van der Waals surface area contributed by atoms with Crippen LogP contribution in [-0.4, -0.2) is 36.2 Å². The molecule has 1 N–H and O–H groups in total. The lowest BCUT2D eigenvalue weighted by atomic mass is 10.00. The minimum atomic E-state index is 0.296. The second-order valence-corrected chi connectivity index (χ2v) is 8.44. The van der Waals surface area contributed by atoms with Crippen LogP contribution in [0.4, 0.5) is 5.82 Å². The van der Waals surface area contributed by atoms with Crippen LogP contribution in [0.1, 0.15) is 70.6 Å². The number of aromatic nitrogens is 2. The fourth-order valence-corrected chi connectivity index (χ4v) is 3.98. The van der Waals surface area contributed by atoms with Crippen molar-refractivity contribution in [1.82, 2.24) is 15.3 Å². The highest BCUT2D eigenvalue weighted by atomic mass is 16.5. The molecule has 2 rings (SSSR count). The molecule has 1 aliphatic heterocycles. The molecule has 0 amide bonds. The predicted molar refractivity (Wildman–Crippen MR) is 123 cm³/mol. The number of rotatable bonds is 14. The minimum Gasteiger partial charge on any atom is -0.463 e.